The van der Waals surface area contributed by atoms with Gasteiger partial charge in [0.1, 0.15) is 5.60 Å². The Morgan fingerprint density at radius 3 is 2.42 bits per heavy atom. The van der Waals surface area contributed by atoms with E-state index in [0.29, 0.717) is 31.1 Å². The van der Waals surface area contributed by atoms with E-state index in [1.807, 2.05) is 45.9 Å². The van der Waals surface area contributed by atoms with E-state index in [4.69, 9.17) is 4.74 Å². The molecular weight excluding hydrogens is 450 g/mol. The number of amides is 1. The summed E-state index contributed by atoms with van der Waals surface area (Å²) >= 11 is 0. The maximum Gasteiger partial charge on any atom is 0.410 e. The SMILES string of the molecule is Cc1cc(/C(C[C@H](c2ccc(C3CN(C(=O)OC(C)(C)C)C3)cc2)c2ccccc2C)=N\O)ccn1. The monoisotopic (exact) mass is 485 g/mol. The Hall–Kier alpha value is -3.67. The first-order valence-electron chi connectivity index (χ1n) is 12.4. The molecule has 4 rings (SSSR count). The zero-order chi connectivity index (χ0) is 25.9. The number of likely N-dealkylation sites (tertiary alicyclic amines) is 1. The van der Waals surface area contributed by atoms with Crippen LogP contribution in [0.3, 0.4) is 0 Å². The number of benzene rings is 2. The molecule has 2 heterocycles. The molecule has 1 aliphatic rings. The Morgan fingerprint density at radius 2 is 1.81 bits per heavy atom. The van der Waals surface area contributed by atoms with Crippen molar-refractivity contribution >= 4 is 11.8 Å². The van der Waals surface area contributed by atoms with Gasteiger partial charge in [0.15, 0.2) is 0 Å². The Balaban J connectivity index is 1.54. The van der Waals surface area contributed by atoms with Gasteiger partial charge < -0.3 is 14.8 Å². The summed E-state index contributed by atoms with van der Waals surface area (Å²) in [5, 5.41) is 13.6. The maximum atomic E-state index is 12.3. The van der Waals surface area contributed by atoms with Crippen molar-refractivity contribution in [3.05, 3.63) is 100 Å². The van der Waals surface area contributed by atoms with Crippen LogP contribution in [0.4, 0.5) is 4.79 Å². The lowest BCUT2D eigenvalue weighted by atomic mass is 9.82. The van der Waals surface area contributed by atoms with Crippen molar-refractivity contribution in [3.63, 3.8) is 0 Å². The van der Waals surface area contributed by atoms with Crippen molar-refractivity contribution in [1.29, 1.82) is 0 Å². The second-order valence-electron chi connectivity index (χ2n) is 10.6. The van der Waals surface area contributed by atoms with Gasteiger partial charge in [-0.3, -0.25) is 4.98 Å². The number of carbonyl (C=O) groups is 1. The number of pyridine rings is 1. The highest BCUT2D eigenvalue weighted by Gasteiger charge is 2.34. The van der Waals surface area contributed by atoms with E-state index in [-0.39, 0.29) is 12.0 Å². The molecule has 1 amide bonds. The van der Waals surface area contributed by atoms with Gasteiger partial charge in [-0.2, -0.15) is 0 Å². The molecule has 3 aromatic rings. The summed E-state index contributed by atoms with van der Waals surface area (Å²) in [7, 11) is 0. The first-order valence-corrected chi connectivity index (χ1v) is 12.4. The highest BCUT2D eigenvalue weighted by atomic mass is 16.6. The molecule has 0 spiro atoms. The molecule has 36 heavy (non-hydrogen) atoms. The third-order valence-electron chi connectivity index (χ3n) is 6.66. The number of aryl methyl sites for hydroxylation is 2. The maximum absolute atomic E-state index is 12.3. The molecule has 188 valence electrons. The minimum Gasteiger partial charge on any atom is -0.444 e. The number of oxime groups is 1. The van der Waals surface area contributed by atoms with Crippen LogP contribution in [-0.2, 0) is 4.74 Å². The van der Waals surface area contributed by atoms with Crippen LogP contribution in [0.2, 0.25) is 0 Å². The summed E-state index contributed by atoms with van der Waals surface area (Å²) in [5.41, 5.74) is 6.66. The Labute approximate surface area is 213 Å². The second kappa shape index (κ2) is 10.5. The summed E-state index contributed by atoms with van der Waals surface area (Å²) in [4.78, 5) is 18.3. The number of aromatic nitrogens is 1. The van der Waals surface area contributed by atoms with Crippen LogP contribution < -0.4 is 0 Å². The molecule has 6 nitrogen and oxygen atoms in total. The molecule has 0 radical (unpaired) electrons. The quantitative estimate of drug-likeness (QED) is 0.248. The molecule has 0 saturated carbocycles. The Bertz CT molecular complexity index is 1240. The molecule has 0 unspecified atom stereocenters. The average Bonchev–Trinajstić information content (AvgIpc) is 2.79. The molecule has 1 aromatic heterocycles. The third kappa shape index (κ3) is 5.93. The Morgan fingerprint density at radius 1 is 1.11 bits per heavy atom. The summed E-state index contributed by atoms with van der Waals surface area (Å²) < 4.78 is 5.48. The lowest BCUT2D eigenvalue weighted by molar-refractivity contribution is 0.00819. The van der Waals surface area contributed by atoms with Gasteiger partial charge in [0.2, 0.25) is 0 Å². The highest BCUT2D eigenvalue weighted by Crippen LogP contribution is 2.34. The lowest BCUT2D eigenvalue weighted by Crippen LogP contribution is -2.50. The molecular formula is C30H35N3O3. The van der Waals surface area contributed by atoms with Gasteiger partial charge in [0.25, 0.3) is 0 Å². The number of hydrogen-bond donors (Lipinski definition) is 1. The van der Waals surface area contributed by atoms with Gasteiger partial charge in [-0.1, -0.05) is 53.7 Å². The van der Waals surface area contributed by atoms with Crippen LogP contribution >= 0.6 is 0 Å². The topological polar surface area (TPSA) is 75.0 Å². The fourth-order valence-electron chi connectivity index (χ4n) is 4.69. The highest BCUT2D eigenvalue weighted by molar-refractivity contribution is 6.01. The van der Waals surface area contributed by atoms with Crippen molar-refractivity contribution in [1.82, 2.24) is 9.88 Å². The zero-order valence-electron chi connectivity index (χ0n) is 21.7. The molecule has 1 saturated heterocycles. The van der Waals surface area contributed by atoms with Crippen molar-refractivity contribution in [2.45, 2.75) is 58.5 Å². The van der Waals surface area contributed by atoms with Crippen LogP contribution in [0.15, 0.2) is 72.0 Å². The van der Waals surface area contributed by atoms with E-state index >= 15 is 0 Å². The van der Waals surface area contributed by atoms with E-state index in [9.17, 15) is 10.0 Å². The zero-order valence-corrected chi connectivity index (χ0v) is 21.7. The summed E-state index contributed by atoms with van der Waals surface area (Å²) in [6, 6.07) is 20.8. The average molecular weight is 486 g/mol. The van der Waals surface area contributed by atoms with Crippen LogP contribution in [0.5, 0.6) is 0 Å². The summed E-state index contributed by atoms with van der Waals surface area (Å²) in [6.07, 6.45) is 2.05. The van der Waals surface area contributed by atoms with Crippen molar-refractivity contribution < 1.29 is 14.7 Å². The molecule has 0 bridgehead atoms. The Kier molecular flexibility index (Phi) is 7.43. The van der Waals surface area contributed by atoms with Crippen LogP contribution in [0.25, 0.3) is 0 Å². The number of nitrogens with zero attached hydrogens (tertiary/aromatic N) is 3. The number of ether oxygens (including phenoxy) is 1. The van der Waals surface area contributed by atoms with Crippen molar-refractivity contribution in [2.75, 3.05) is 13.1 Å². The van der Waals surface area contributed by atoms with Gasteiger partial charge in [-0.15, -0.1) is 0 Å². The first kappa shape index (κ1) is 25.4. The van der Waals surface area contributed by atoms with E-state index in [1.54, 1.807) is 11.1 Å². The van der Waals surface area contributed by atoms with Gasteiger partial charge in [0, 0.05) is 48.8 Å². The third-order valence-corrected chi connectivity index (χ3v) is 6.66. The van der Waals surface area contributed by atoms with E-state index in [2.05, 4.69) is 59.5 Å². The van der Waals surface area contributed by atoms with Gasteiger partial charge in [-0.05, 0) is 69.0 Å². The van der Waals surface area contributed by atoms with Crippen LogP contribution in [0, 0.1) is 13.8 Å². The van der Waals surface area contributed by atoms with Crippen LogP contribution in [0.1, 0.15) is 72.5 Å². The predicted octanol–water partition coefficient (Wildman–Crippen LogP) is 6.43. The fraction of sp³-hybridized carbons (Fsp3) is 0.367. The van der Waals surface area contributed by atoms with E-state index in [0.717, 1.165) is 16.8 Å². The number of carbonyl (C=O) groups excluding carboxylic acids is 1. The fourth-order valence-corrected chi connectivity index (χ4v) is 4.69. The van der Waals surface area contributed by atoms with Crippen molar-refractivity contribution in [2.24, 2.45) is 5.16 Å². The predicted molar refractivity (Wildman–Crippen MR) is 142 cm³/mol. The molecule has 6 heteroatoms. The van der Waals surface area contributed by atoms with E-state index < -0.39 is 5.60 Å². The van der Waals surface area contributed by atoms with Gasteiger partial charge in [0.05, 0.1) is 5.71 Å². The van der Waals surface area contributed by atoms with Crippen LogP contribution in [-0.4, -0.2) is 45.6 Å². The van der Waals surface area contributed by atoms with Gasteiger partial charge in [-0.25, -0.2) is 4.79 Å². The first-order chi connectivity index (χ1) is 17.1. The number of hydrogen-bond acceptors (Lipinski definition) is 5. The lowest BCUT2D eigenvalue weighted by Gasteiger charge is -2.40. The molecule has 2 aromatic carbocycles. The second-order valence-corrected chi connectivity index (χ2v) is 10.6. The summed E-state index contributed by atoms with van der Waals surface area (Å²) in [6.45, 7) is 11.0. The largest absolute Gasteiger partial charge is 0.444 e. The molecule has 1 N–H and O–H groups in total. The van der Waals surface area contributed by atoms with Crippen molar-refractivity contribution in [3.8, 4) is 0 Å². The normalized spacial score (nSPS) is 15.4. The molecule has 0 aliphatic carbocycles. The smallest absolute Gasteiger partial charge is 0.410 e. The molecule has 1 aliphatic heterocycles. The number of rotatable bonds is 6. The molecule has 1 atom stereocenters. The molecule has 1 fully saturated rings. The summed E-state index contributed by atoms with van der Waals surface area (Å²) in [5.74, 6) is 0.331. The van der Waals surface area contributed by atoms with Gasteiger partial charge >= 0.3 is 6.09 Å². The standard InChI is InChI=1S/C30H35N3O3/c1-20-8-6-7-9-26(20)27(17-28(32-35)24-14-15-31-21(2)16-24)23-12-10-22(11-13-23)25-18-33(19-25)29(34)36-30(3,4)5/h6-16,25,27,35H,17-19H2,1-5H3/b32-28-/t27-/m1/s1. The minimum atomic E-state index is -0.486. The van der Waals surface area contributed by atoms with E-state index in [1.165, 1.54) is 16.7 Å². The minimum absolute atomic E-state index is 0.0271.